The third-order valence-electron chi connectivity index (χ3n) is 3.69. The molecule has 0 saturated heterocycles. The van der Waals surface area contributed by atoms with Gasteiger partial charge in [-0.25, -0.2) is 4.98 Å². The van der Waals surface area contributed by atoms with E-state index in [0.717, 1.165) is 6.07 Å². The smallest absolute Gasteiger partial charge is 0.352 e. The molecule has 0 saturated carbocycles. The number of halogens is 3. The first-order valence-corrected chi connectivity index (χ1v) is 8.50. The van der Waals surface area contributed by atoms with E-state index >= 15 is 0 Å². The summed E-state index contributed by atoms with van der Waals surface area (Å²) in [6.45, 7) is 1.93. The highest BCUT2D eigenvalue weighted by molar-refractivity contribution is 7.15. The molecule has 0 fully saturated rings. The van der Waals surface area contributed by atoms with Crippen LogP contribution in [0.2, 0.25) is 0 Å². The molecule has 1 N–H and O–H groups in total. The summed E-state index contributed by atoms with van der Waals surface area (Å²) in [6.07, 6.45) is -1.37. The van der Waals surface area contributed by atoms with Gasteiger partial charge in [-0.1, -0.05) is 0 Å². The summed E-state index contributed by atoms with van der Waals surface area (Å²) in [5.74, 6) is -0.573. The van der Waals surface area contributed by atoms with Crippen LogP contribution in [0.15, 0.2) is 28.6 Å². The number of nitrogens with zero attached hydrogens (tertiary/aromatic N) is 4. The van der Waals surface area contributed by atoms with Gasteiger partial charge in [-0.2, -0.15) is 18.3 Å². The molecule has 7 nitrogen and oxygen atoms in total. The van der Waals surface area contributed by atoms with Crippen molar-refractivity contribution >= 4 is 22.2 Å². The summed E-state index contributed by atoms with van der Waals surface area (Å²) in [5, 5.41) is 7.77. The van der Waals surface area contributed by atoms with E-state index in [1.165, 1.54) is 39.7 Å². The molecule has 0 atom stereocenters. The van der Waals surface area contributed by atoms with E-state index in [2.05, 4.69) is 15.4 Å². The lowest BCUT2D eigenvalue weighted by Crippen LogP contribution is -2.32. The highest BCUT2D eigenvalue weighted by Gasteiger charge is 2.34. The van der Waals surface area contributed by atoms with Crippen LogP contribution in [0, 0.1) is 6.92 Å². The number of carbonyl (C=O) groups is 1. The van der Waals surface area contributed by atoms with Crippen LogP contribution in [-0.4, -0.2) is 31.6 Å². The van der Waals surface area contributed by atoms with Crippen molar-refractivity contribution < 1.29 is 18.0 Å². The molecule has 26 heavy (non-hydrogen) atoms. The van der Waals surface area contributed by atoms with Gasteiger partial charge in [-0.15, -0.1) is 11.3 Å². The molecule has 0 aromatic carbocycles. The van der Waals surface area contributed by atoms with Crippen LogP contribution in [0.3, 0.4) is 0 Å². The Bertz CT molecular complexity index is 1000. The molecule has 3 aromatic rings. The number of aryl methyl sites for hydroxylation is 2. The first-order valence-electron chi connectivity index (χ1n) is 7.62. The maximum Gasteiger partial charge on any atom is 0.435 e. The molecular formula is C15H14F3N5O2S. The van der Waals surface area contributed by atoms with Gasteiger partial charge >= 0.3 is 6.18 Å². The minimum atomic E-state index is -4.49. The maximum absolute atomic E-state index is 12.6. The fourth-order valence-corrected chi connectivity index (χ4v) is 3.06. The predicted molar refractivity (Wildman–Crippen MR) is 88.3 cm³/mol. The van der Waals surface area contributed by atoms with Crippen molar-refractivity contribution in [1.82, 2.24) is 24.5 Å². The molecular weight excluding hydrogens is 371 g/mol. The number of hydrogen-bond acceptors (Lipinski definition) is 5. The van der Waals surface area contributed by atoms with E-state index in [0.29, 0.717) is 17.1 Å². The largest absolute Gasteiger partial charge is 0.435 e. The van der Waals surface area contributed by atoms with E-state index < -0.39 is 23.3 Å². The van der Waals surface area contributed by atoms with E-state index in [1.54, 1.807) is 5.38 Å². The van der Waals surface area contributed by atoms with Crippen LogP contribution in [-0.2, 0) is 12.7 Å². The van der Waals surface area contributed by atoms with Gasteiger partial charge in [0.1, 0.15) is 5.56 Å². The normalized spacial score (nSPS) is 11.8. The van der Waals surface area contributed by atoms with Crippen LogP contribution >= 0.6 is 11.3 Å². The molecule has 3 aromatic heterocycles. The molecule has 0 aliphatic rings. The van der Waals surface area contributed by atoms with E-state index in [-0.39, 0.29) is 18.7 Å². The Morgan fingerprint density at radius 1 is 1.38 bits per heavy atom. The van der Waals surface area contributed by atoms with Crippen LogP contribution in [0.5, 0.6) is 0 Å². The third kappa shape index (κ3) is 3.62. The Labute approximate surface area is 149 Å². The number of hydrogen-bond donors (Lipinski definition) is 1. The molecule has 0 bridgehead atoms. The average Bonchev–Trinajstić information content (AvgIpc) is 3.18. The molecule has 0 aliphatic carbocycles. The third-order valence-corrected chi connectivity index (χ3v) is 4.46. The Morgan fingerprint density at radius 2 is 2.15 bits per heavy atom. The van der Waals surface area contributed by atoms with Gasteiger partial charge in [-0.3, -0.25) is 18.7 Å². The summed E-state index contributed by atoms with van der Waals surface area (Å²) >= 11 is 1.28. The lowest BCUT2D eigenvalue weighted by Gasteiger charge is -2.07. The first kappa shape index (κ1) is 18.1. The number of alkyl halides is 3. The second kappa shape index (κ2) is 6.90. The summed E-state index contributed by atoms with van der Waals surface area (Å²) in [7, 11) is 0. The van der Waals surface area contributed by atoms with Crippen LogP contribution in [0.25, 0.3) is 4.96 Å². The van der Waals surface area contributed by atoms with Crippen molar-refractivity contribution in [2.75, 3.05) is 6.54 Å². The molecule has 0 unspecified atom stereocenters. The van der Waals surface area contributed by atoms with Gasteiger partial charge in [0.05, 0.1) is 0 Å². The van der Waals surface area contributed by atoms with Crippen molar-refractivity contribution in [3.63, 3.8) is 0 Å². The average molecular weight is 385 g/mol. The number of fused-ring (bicyclic) bond motifs is 1. The van der Waals surface area contributed by atoms with Crippen LogP contribution in [0.4, 0.5) is 13.2 Å². The number of rotatable bonds is 5. The van der Waals surface area contributed by atoms with Crippen LogP contribution in [0.1, 0.15) is 28.2 Å². The maximum atomic E-state index is 12.6. The summed E-state index contributed by atoms with van der Waals surface area (Å²) in [4.78, 5) is 28.8. The lowest BCUT2D eigenvalue weighted by molar-refractivity contribution is -0.141. The molecule has 3 heterocycles. The standard InChI is InChI=1S/C15H14F3N5O2S/c1-9-7-11(15(16,17)18)21-23(9)4-2-3-19-12(24)10-8-20-14-22(13(10)25)5-6-26-14/h5-8H,2-4H2,1H3,(H,19,24). The molecule has 0 aliphatic heterocycles. The fraction of sp³-hybridized carbons (Fsp3) is 0.333. The topological polar surface area (TPSA) is 81.3 Å². The van der Waals surface area contributed by atoms with Gasteiger partial charge in [-0.05, 0) is 19.4 Å². The summed E-state index contributed by atoms with van der Waals surface area (Å²) in [6, 6.07) is 0.973. The quantitative estimate of drug-likeness (QED) is 0.682. The molecule has 1 amide bonds. The number of carbonyl (C=O) groups excluding carboxylic acids is 1. The second-order valence-corrected chi connectivity index (χ2v) is 6.41. The number of nitrogens with one attached hydrogen (secondary N) is 1. The minimum absolute atomic E-state index is 0.0875. The van der Waals surface area contributed by atoms with E-state index in [1.807, 2.05) is 0 Å². The van der Waals surface area contributed by atoms with Gasteiger partial charge in [0, 0.05) is 36.6 Å². The number of thiazole rings is 1. The Kier molecular flexibility index (Phi) is 4.81. The minimum Gasteiger partial charge on any atom is -0.352 e. The molecule has 0 radical (unpaired) electrons. The highest BCUT2D eigenvalue weighted by atomic mass is 32.1. The zero-order valence-electron chi connectivity index (χ0n) is 13.6. The van der Waals surface area contributed by atoms with Crippen molar-refractivity contribution in [3.05, 3.63) is 51.1 Å². The first-order chi connectivity index (χ1) is 12.3. The van der Waals surface area contributed by atoms with E-state index in [9.17, 15) is 22.8 Å². The fourth-order valence-electron chi connectivity index (χ4n) is 2.38. The van der Waals surface area contributed by atoms with Gasteiger partial charge < -0.3 is 5.32 Å². The Hall–Kier alpha value is -2.69. The van der Waals surface area contributed by atoms with Crippen molar-refractivity contribution in [2.45, 2.75) is 26.1 Å². The number of aromatic nitrogens is 4. The summed E-state index contributed by atoms with van der Waals surface area (Å²) in [5.41, 5.74) is -1.11. The molecule has 3 rings (SSSR count). The van der Waals surface area contributed by atoms with Crippen LogP contribution < -0.4 is 10.9 Å². The molecule has 0 spiro atoms. The zero-order valence-corrected chi connectivity index (χ0v) is 14.4. The Balaban J connectivity index is 1.58. The van der Waals surface area contributed by atoms with Crippen molar-refractivity contribution in [2.24, 2.45) is 0 Å². The predicted octanol–water partition coefficient (Wildman–Crippen LogP) is 2.10. The molecule has 11 heteroatoms. The number of amides is 1. The zero-order chi connectivity index (χ0) is 18.9. The van der Waals surface area contributed by atoms with Crippen molar-refractivity contribution in [1.29, 1.82) is 0 Å². The van der Waals surface area contributed by atoms with Gasteiger partial charge in [0.2, 0.25) is 0 Å². The summed E-state index contributed by atoms with van der Waals surface area (Å²) < 4.78 is 40.4. The highest BCUT2D eigenvalue weighted by Crippen LogP contribution is 2.28. The lowest BCUT2D eigenvalue weighted by atomic mass is 10.3. The van der Waals surface area contributed by atoms with Gasteiger partial charge in [0.25, 0.3) is 11.5 Å². The van der Waals surface area contributed by atoms with Crippen molar-refractivity contribution in [3.8, 4) is 0 Å². The van der Waals surface area contributed by atoms with Gasteiger partial charge in [0.15, 0.2) is 10.7 Å². The SMILES string of the molecule is Cc1cc(C(F)(F)F)nn1CCCNC(=O)c1cnc2sccn2c1=O. The Morgan fingerprint density at radius 3 is 2.85 bits per heavy atom. The molecule has 138 valence electrons. The monoisotopic (exact) mass is 385 g/mol. The second-order valence-electron chi connectivity index (χ2n) is 5.53. The van der Waals surface area contributed by atoms with E-state index in [4.69, 9.17) is 0 Å².